The zero-order valence-electron chi connectivity index (χ0n) is 19.1. The van der Waals surface area contributed by atoms with Gasteiger partial charge in [0.1, 0.15) is 11.5 Å². The highest BCUT2D eigenvalue weighted by Crippen LogP contribution is 2.38. The van der Waals surface area contributed by atoms with Crippen LogP contribution in [0.5, 0.6) is 11.5 Å². The number of hydrogen-bond donors (Lipinski definition) is 0. The van der Waals surface area contributed by atoms with Crippen molar-refractivity contribution in [1.29, 1.82) is 0 Å². The van der Waals surface area contributed by atoms with E-state index < -0.39 is 7.92 Å². The van der Waals surface area contributed by atoms with Crippen molar-refractivity contribution >= 4 is 34.6 Å². The molecule has 0 aliphatic carbocycles. The molecule has 0 aliphatic heterocycles. The summed E-state index contributed by atoms with van der Waals surface area (Å²) >= 11 is 0. The van der Waals surface area contributed by atoms with Crippen LogP contribution < -0.4 is 25.4 Å². The Labute approximate surface area is 186 Å². The predicted octanol–water partition coefficient (Wildman–Crippen LogP) is 5.85. The van der Waals surface area contributed by atoms with Gasteiger partial charge in [-0.2, -0.15) is 0 Å². The fourth-order valence-electron chi connectivity index (χ4n) is 4.52. The monoisotopic (exact) mass is 428 g/mol. The third-order valence-corrected chi connectivity index (χ3v) is 8.15. The summed E-state index contributed by atoms with van der Waals surface area (Å²) in [6, 6.07) is 24.6. The number of fused-ring (bicyclic) bond motifs is 1. The maximum absolute atomic E-state index is 5.64. The highest BCUT2D eigenvalue weighted by molar-refractivity contribution is 7.79. The minimum Gasteiger partial charge on any atom is -0.496 e. The topological polar surface area (TPSA) is 18.5 Å². The molecule has 0 saturated heterocycles. The van der Waals surface area contributed by atoms with Gasteiger partial charge < -0.3 is 9.47 Å². The molecule has 0 radical (unpaired) electrons. The summed E-state index contributed by atoms with van der Waals surface area (Å²) < 4.78 is 11.3. The fraction of sp³-hybridized carbons (Fsp3) is 0.214. The smallest absolute Gasteiger partial charge is 0.124 e. The minimum atomic E-state index is -0.730. The normalized spacial score (nSPS) is 11.2. The van der Waals surface area contributed by atoms with E-state index in [4.69, 9.17) is 9.47 Å². The summed E-state index contributed by atoms with van der Waals surface area (Å²) in [6.07, 6.45) is 0. The molecule has 4 aromatic carbocycles. The Bertz CT molecular complexity index is 1150. The molecule has 158 valence electrons. The maximum atomic E-state index is 5.64. The van der Waals surface area contributed by atoms with Gasteiger partial charge in [0.2, 0.25) is 0 Å². The molecule has 0 saturated carbocycles. The summed E-state index contributed by atoms with van der Waals surface area (Å²) in [5.41, 5.74) is 4.70. The van der Waals surface area contributed by atoms with E-state index in [1.165, 1.54) is 48.9 Å². The molecule has 4 aromatic rings. The van der Waals surface area contributed by atoms with Crippen LogP contribution in [0.15, 0.2) is 66.7 Å². The predicted molar refractivity (Wildman–Crippen MR) is 135 cm³/mol. The van der Waals surface area contributed by atoms with Gasteiger partial charge in [-0.3, -0.25) is 0 Å². The van der Waals surface area contributed by atoms with E-state index in [2.05, 4.69) is 94.4 Å². The van der Waals surface area contributed by atoms with Gasteiger partial charge >= 0.3 is 0 Å². The van der Waals surface area contributed by atoms with E-state index in [-0.39, 0.29) is 0 Å². The molecule has 2 nitrogen and oxygen atoms in total. The zero-order valence-corrected chi connectivity index (χ0v) is 20.0. The van der Waals surface area contributed by atoms with E-state index in [1.54, 1.807) is 14.2 Å². The van der Waals surface area contributed by atoms with Gasteiger partial charge in [0.25, 0.3) is 0 Å². The van der Waals surface area contributed by atoms with Gasteiger partial charge in [-0.1, -0.05) is 36.4 Å². The molecule has 4 rings (SSSR count). The van der Waals surface area contributed by atoms with Crippen LogP contribution in [0.1, 0.15) is 22.3 Å². The van der Waals surface area contributed by atoms with Gasteiger partial charge in [0.05, 0.1) is 14.2 Å². The second-order valence-electron chi connectivity index (χ2n) is 8.09. The highest BCUT2D eigenvalue weighted by atomic mass is 31.1. The lowest BCUT2D eigenvalue weighted by Gasteiger charge is -2.23. The Morgan fingerprint density at radius 2 is 0.968 bits per heavy atom. The number of rotatable bonds is 5. The van der Waals surface area contributed by atoms with Crippen molar-refractivity contribution in [2.75, 3.05) is 14.2 Å². The third-order valence-electron chi connectivity index (χ3n) is 5.81. The Morgan fingerprint density at radius 3 is 1.42 bits per heavy atom. The van der Waals surface area contributed by atoms with E-state index in [9.17, 15) is 0 Å². The number of hydrogen-bond acceptors (Lipinski definition) is 2. The van der Waals surface area contributed by atoms with Crippen LogP contribution in [0.25, 0.3) is 10.8 Å². The number of aryl methyl sites for hydroxylation is 4. The van der Waals surface area contributed by atoms with Crippen molar-refractivity contribution in [3.63, 3.8) is 0 Å². The SMILES string of the molecule is COc1c(C)cc(P(c2cc(C)c(OC)c(C)c2)c2ccc3ccccc3c2)cc1C. The van der Waals surface area contributed by atoms with Gasteiger partial charge in [0, 0.05) is 0 Å². The fourth-order valence-corrected chi connectivity index (χ4v) is 7.20. The molecule has 0 spiro atoms. The molecule has 0 N–H and O–H groups in total. The third kappa shape index (κ3) is 4.05. The molecule has 0 aliphatic rings. The average molecular weight is 429 g/mol. The number of ether oxygens (including phenoxy) is 2. The van der Waals surface area contributed by atoms with E-state index in [1.807, 2.05) is 0 Å². The summed E-state index contributed by atoms with van der Waals surface area (Å²) in [4.78, 5) is 0. The van der Waals surface area contributed by atoms with Crippen LogP contribution in [0.4, 0.5) is 0 Å². The maximum Gasteiger partial charge on any atom is 0.124 e. The number of methoxy groups -OCH3 is 2. The first-order valence-electron chi connectivity index (χ1n) is 10.5. The quantitative estimate of drug-likeness (QED) is 0.371. The standard InChI is InChI=1S/C28H29O2P/c1-18-13-25(14-19(2)27(18)29-5)31(26-15-20(3)28(30-6)21(4)16-26)24-12-11-22-9-7-8-10-23(22)17-24/h7-17H,1-6H3. The Kier molecular flexibility index (Phi) is 6.03. The van der Waals surface area contributed by atoms with E-state index in [0.29, 0.717) is 0 Å². The summed E-state index contributed by atoms with van der Waals surface area (Å²) in [7, 11) is 2.76. The molecule has 0 fully saturated rings. The molecule has 0 bridgehead atoms. The van der Waals surface area contributed by atoms with E-state index in [0.717, 1.165) is 11.5 Å². The van der Waals surface area contributed by atoms with Gasteiger partial charge in [-0.05, 0) is 115 Å². The average Bonchev–Trinajstić information content (AvgIpc) is 2.73. The molecule has 0 aromatic heterocycles. The lowest BCUT2D eigenvalue weighted by molar-refractivity contribution is 0.408. The molecular formula is C28H29O2P. The van der Waals surface area contributed by atoms with Crippen molar-refractivity contribution < 1.29 is 9.47 Å². The first-order valence-corrected chi connectivity index (χ1v) is 11.9. The van der Waals surface area contributed by atoms with Gasteiger partial charge in [-0.15, -0.1) is 0 Å². The van der Waals surface area contributed by atoms with Crippen LogP contribution in [0.3, 0.4) is 0 Å². The van der Waals surface area contributed by atoms with Crippen LogP contribution >= 0.6 is 7.92 Å². The van der Waals surface area contributed by atoms with Crippen LogP contribution in [0, 0.1) is 27.7 Å². The lowest BCUT2D eigenvalue weighted by Crippen LogP contribution is -2.22. The Balaban J connectivity index is 1.97. The Morgan fingerprint density at radius 1 is 0.516 bits per heavy atom. The summed E-state index contributed by atoms with van der Waals surface area (Å²) in [5.74, 6) is 1.94. The second kappa shape index (κ2) is 8.73. The van der Waals surface area contributed by atoms with Gasteiger partial charge in [-0.25, -0.2) is 0 Å². The summed E-state index contributed by atoms with van der Waals surface area (Å²) in [6.45, 7) is 8.53. The zero-order chi connectivity index (χ0) is 22.1. The van der Waals surface area contributed by atoms with Crippen molar-refractivity contribution in [2.24, 2.45) is 0 Å². The van der Waals surface area contributed by atoms with Crippen LogP contribution in [-0.4, -0.2) is 14.2 Å². The molecule has 0 unspecified atom stereocenters. The first-order chi connectivity index (χ1) is 14.9. The lowest BCUT2D eigenvalue weighted by atomic mass is 10.1. The van der Waals surface area contributed by atoms with E-state index >= 15 is 0 Å². The number of benzene rings is 4. The van der Waals surface area contributed by atoms with Crippen molar-refractivity contribution in [3.05, 3.63) is 89.0 Å². The van der Waals surface area contributed by atoms with Crippen LogP contribution in [-0.2, 0) is 0 Å². The second-order valence-corrected chi connectivity index (χ2v) is 10.3. The molecule has 0 heterocycles. The minimum absolute atomic E-state index is 0.730. The first kappa shape index (κ1) is 21.4. The summed E-state index contributed by atoms with van der Waals surface area (Å²) in [5, 5.41) is 6.57. The Hall–Kier alpha value is -2.83. The van der Waals surface area contributed by atoms with Crippen molar-refractivity contribution in [1.82, 2.24) is 0 Å². The highest BCUT2D eigenvalue weighted by Gasteiger charge is 2.21. The largest absolute Gasteiger partial charge is 0.496 e. The van der Waals surface area contributed by atoms with Gasteiger partial charge in [0.15, 0.2) is 0 Å². The molecule has 0 atom stereocenters. The van der Waals surface area contributed by atoms with Crippen molar-refractivity contribution in [2.45, 2.75) is 27.7 Å². The molecule has 31 heavy (non-hydrogen) atoms. The molecule has 3 heteroatoms. The van der Waals surface area contributed by atoms with Crippen LogP contribution in [0.2, 0.25) is 0 Å². The molecule has 0 amide bonds. The molecular weight excluding hydrogens is 399 g/mol. The van der Waals surface area contributed by atoms with Crippen molar-refractivity contribution in [3.8, 4) is 11.5 Å².